The fraction of sp³-hybridized carbons (Fsp3) is 0.353. The van der Waals surface area contributed by atoms with Crippen LogP contribution < -0.4 is 10.6 Å². The highest BCUT2D eigenvalue weighted by Crippen LogP contribution is 2.15. The summed E-state index contributed by atoms with van der Waals surface area (Å²) in [4.78, 5) is 12.2. The fourth-order valence-corrected chi connectivity index (χ4v) is 3.06. The standard InChI is InChI=1S/C17H23N3O3S/c1-13(9-10-15-7-5-11-20(15)2)18-17(21)19-14-6-4-8-16(12-14)24(3,22)23/h4-8,11-13H,9-10H2,1-3H3,(H2,18,19,21). The van der Waals surface area contributed by atoms with Gasteiger partial charge in [-0.1, -0.05) is 6.07 Å². The van der Waals surface area contributed by atoms with Gasteiger partial charge in [-0.25, -0.2) is 13.2 Å². The van der Waals surface area contributed by atoms with Crippen molar-refractivity contribution in [2.75, 3.05) is 11.6 Å². The lowest BCUT2D eigenvalue weighted by molar-refractivity contribution is 0.248. The van der Waals surface area contributed by atoms with E-state index in [1.807, 2.05) is 26.2 Å². The van der Waals surface area contributed by atoms with Crippen LogP contribution in [0.15, 0.2) is 47.5 Å². The first kappa shape index (κ1) is 18.1. The molecule has 0 fully saturated rings. The zero-order valence-corrected chi connectivity index (χ0v) is 14.9. The number of nitrogens with zero attached hydrogens (tertiary/aromatic N) is 1. The number of anilines is 1. The summed E-state index contributed by atoms with van der Waals surface area (Å²) in [5, 5.41) is 5.53. The van der Waals surface area contributed by atoms with Crippen LogP contribution >= 0.6 is 0 Å². The molecule has 0 aliphatic rings. The number of urea groups is 1. The van der Waals surface area contributed by atoms with Gasteiger partial charge < -0.3 is 15.2 Å². The van der Waals surface area contributed by atoms with Crippen LogP contribution in [0.4, 0.5) is 10.5 Å². The van der Waals surface area contributed by atoms with Gasteiger partial charge in [0.1, 0.15) is 0 Å². The van der Waals surface area contributed by atoms with E-state index in [1.54, 1.807) is 12.1 Å². The molecule has 1 atom stereocenters. The van der Waals surface area contributed by atoms with Gasteiger partial charge in [0.15, 0.2) is 9.84 Å². The number of hydrogen-bond donors (Lipinski definition) is 2. The summed E-state index contributed by atoms with van der Waals surface area (Å²) in [7, 11) is -1.30. The summed E-state index contributed by atoms with van der Waals surface area (Å²) < 4.78 is 25.1. The van der Waals surface area contributed by atoms with Crippen LogP contribution in [-0.2, 0) is 23.3 Å². The van der Waals surface area contributed by atoms with Gasteiger partial charge in [0.25, 0.3) is 0 Å². The number of aryl methyl sites for hydroxylation is 2. The maximum absolute atomic E-state index is 12.0. The van der Waals surface area contributed by atoms with Gasteiger partial charge in [-0.05, 0) is 50.1 Å². The molecule has 0 bridgehead atoms. The van der Waals surface area contributed by atoms with Gasteiger partial charge in [-0.3, -0.25) is 0 Å². The molecule has 1 heterocycles. The van der Waals surface area contributed by atoms with Gasteiger partial charge >= 0.3 is 6.03 Å². The quantitative estimate of drug-likeness (QED) is 0.841. The predicted molar refractivity (Wildman–Crippen MR) is 94.9 cm³/mol. The average molecular weight is 349 g/mol. The third-order valence-corrected chi connectivity index (χ3v) is 4.89. The molecule has 1 aromatic heterocycles. The van der Waals surface area contributed by atoms with Crippen molar-refractivity contribution >= 4 is 21.6 Å². The van der Waals surface area contributed by atoms with E-state index in [1.165, 1.54) is 17.8 Å². The van der Waals surface area contributed by atoms with E-state index in [2.05, 4.69) is 21.3 Å². The number of sulfone groups is 1. The molecule has 1 aromatic carbocycles. The molecule has 0 saturated heterocycles. The Morgan fingerprint density at radius 1 is 1.25 bits per heavy atom. The molecule has 2 amide bonds. The second kappa shape index (κ2) is 7.53. The number of amides is 2. The third kappa shape index (κ3) is 5.13. The van der Waals surface area contributed by atoms with Crippen LogP contribution in [0.5, 0.6) is 0 Å². The van der Waals surface area contributed by atoms with E-state index < -0.39 is 9.84 Å². The van der Waals surface area contributed by atoms with E-state index in [4.69, 9.17) is 0 Å². The summed E-state index contributed by atoms with van der Waals surface area (Å²) >= 11 is 0. The SMILES string of the molecule is CC(CCc1cccn1C)NC(=O)Nc1cccc(S(C)(=O)=O)c1. The Bertz CT molecular complexity index is 812. The van der Waals surface area contributed by atoms with Crippen LogP contribution in [0.1, 0.15) is 19.0 Å². The monoisotopic (exact) mass is 349 g/mol. The molecule has 6 nitrogen and oxygen atoms in total. The van der Waals surface area contributed by atoms with E-state index in [0.717, 1.165) is 19.1 Å². The Balaban J connectivity index is 1.87. The Hall–Kier alpha value is -2.28. The minimum atomic E-state index is -3.30. The summed E-state index contributed by atoms with van der Waals surface area (Å²) in [5.41, 5.74) is 1.66. The molecule has 7 heteroatoms. The number of carbonyl (C=O) groups excluding carboxylic acids is 1. The molecule has 0 aliphatic carbocycles. The van der Waals surface area contributed by atoms with Crippen molar-refractivity contribution in [2.24, 2.45) is 7.05 Å². The first-order valence-corrected chi connectivity index (χ1v) is 9.62. The van der Waals surface area contributed by atoms with E-state index in [0.29, 0.717) is 5.69 Å². The molecular weight excluding hydrogens is 326 g/mol. The minimum absolute atomic E-state index is 0.00186. The maximum Gasteiger partial charge on any atom is 0.319 e. The summed E-state index contributed by atoms with van der Waals surface area (Å²) in [5.74, 6) is 0. The highest BCUT2D eigenvalue weighted by Gasteiger charge is 2.11. The first-order valence-electron chi connectivity index (χ1n) is 7.73. The van der Waals surface area contributed by atoms with Crippen LogP contribution in [0.25, 0.3) is 0 Å². The molecule has 2 rings (SSSR count). The molecule has 2 N–H and O–H groups in total. The summed E-state index contributed by atoms with van der Waals surface area (Å²) in [6, 6.07) is 9.91. The molecule has 130 valence electrons. The highest BCUT2D eigenvalue weighted by atomic mass is 32.2. The average Bonchev–Trinajstić information content (AvgIpc) is 2.89. The fourth-order valence-electron chi connectivity index (χ4n) is 2.39. The largest absolute Gasteiger partial charge is 0.354 e. The van der Waals surface area contributed by atoms with Gasteiger partial charge in [-0.2, -0.15) is 0 Å². The number of aromatic nitrogens is 1. The van der Waals surface area contributed by atoms with Crippen LogP contribution in [0.2, 0.25) is 0 Å². The lowest BCUT2D eigenvalue weighted by Gasteiger charge is -2.15. The number of carbonyl (C=O) groups is 1. The van der Waals surface area contributed by atoms with Crippen molar-refractivity contribution in [1.82, 2.24) is 9.88 Å². The van der Waals surface area contributed by atoms with Crippen molar-refractivity contribution in [3.05, 3.63) is 48.3 Å². The first-order chi connectivity index (χ1) is 11.3. The number of rotatable bonds is 6. The van der Waals surface area contributed by atoms with Gasteiger partial charge in [0.05, 0.1) is 4.90 Å². The summed E-state index contributed by atoms with van der Waals surface area (Å²) in [6.07, 6.45) is 4.82. The van der Waals surface area contributed by atoms with E-state index in [-0.39, 0.29) is 17.0 Å². The molecule has 0 spiro atoms. The van der Waals surface area contributed by atoms with Crippen molar-refractivity contribution in [1.29, 1.82) is 0 Å². The second-order valence-corrected chi connectivity index (χ2v) is 7.96. The zero-order chi connectivity index (χ0) is 17.7. The van der Waals surface area contributed by atoms with Crippen LogP contribution in [-0.4, -0.2) is 31.3 Å². The van der Waals surface area contributed by atoms with E-state index >= 15 is 0 Å². The lowest BCUT2D eigenvalue weighted by Crippen LogP contribution is -2.36. The van der Waals surface area contributed by atoms with E-state index in [9.17, 15) is 13.2 Å². The molecule has 24 heavy (non-hydrogen) atoms. The lowest BCUT2D eigenvalue weighted by atomic mass is 10.1. The second-order valence-electron chi connectivity index (χ2n) is 5.95. The Labute approximate surface area is 142 Å². The predicted octanol–water partition coefficient (Wildman–Crippen LogP) is 2.57. The van der Waals surface area contributed by atoms with Gasteiger partial charge in [-0.15, -0.1) is 0 Å². The molecular formula is C17H23N3O3S. The maximum atomic E-state index is 12.0. The number of hydrogen-bond acceptors (Lipinski definition) is 3. The normalized spacial score (nSPS) is 12.6. The number of nitrogens with one attached hydrogen (secondary N) is 2. The van der Waals surface area contributed by atoms with Gasteiger partial charge in [0, 0.05) is 36.9 Å². The highest BCUT2D eigenvalue weighted by molar-refractivity contribution is 7.90. The molecule has 0 aliphatic heterocycles. The molecule has 2 aromatic rings. The molecule has 1 unspecified atom stereocenters. The van der Waals surface area contributed by atoms with Crippen molar-refractivity contribution in [2.45, 2.75) is 30.7 Å². The zero-order valence-electron chi connectivity index (χ0n) is 14.1. The Kier molecular flexibility index (Phi) is 5.66. The summed E-state index contributed by atoms with van der Waals surface area (Å²) in [6.45, 7) is 1.94. The van der Waals surface area contributed by atoms with Crippen molar-refractivity contribution in [3.63, 3.8) is 0 Å². The molecule has 0 saturated carbocycles. The van der Waals surface area contributed by atoms with Crippen LogP contribution in [0, 0.1) is 0 Å². The minimum Gasteiger partial charge on any atom is -0.354 e. The topological polar surface area (TPSA) is 80.2 Å². The van der Waals surface area contributed by atoms with Crippen molar-refractivity contribution < 1.29 is 13.2 Å². The van der Waals surface area contributed by atoms with Crippen LogP contribution in [0.3, 0.4) is 0 Å². The Morgan fingerprint density at radius 2 is 2.00 bits per heavy atom. The molecule has 0 radical (unpaired) electrons. The Morgan fingerprint density at radius 3 is 2.62 bits per heavy atom. The van der Waals surface area contributed by atoms with Gasteiger partial charge in [0.2, 0.25) is 0 Å². The smallest absolute Gasteiger partial charge is 0.319 e. The van der Waals surface area contributed by atoms with Crippen molar-refractivity contribution in [3.8, 4) is 0 Å². The third-order valence-electron chi connectivity index (χ3n) is 3.78. The number of benzene rings is 1.